The van der Waals surface area contributed by atoms with E-state index in [1.807, 2.05) is 6.92 Å². The van der Waals surface area contributed by atoms with Crippen LogP contribution in [-0.2, 0) is 0 Å². The van der Waals surface area contributed by atoms with Gasteiger partial charge in [0.1, 0.15) is 11.9 Å². The van der Waals surface area contributed by atoms with Gasteiger partial charge < -0.3 is 25.1 Å². The minimum absolute atomic E-state index is 0.248. The first-order chi connectivity index (χ1) is 12.6. The highest BCUT2D eigenvalue weighted by molar-refractivity contribution is 5.79. The molecule has 1 aromatic carbocycles. The lowest BCUT2D eigenvalue weighted by molar-refractivity contribution is 0.158. The topological polar surface area (TPSA) is 73.0 Å². The fourth-order valence-electron chi connectivity index (χ4n) is 2.69. The number of hydrogen-bond acceptors (Lipinski definition) is 4. The quantitative estimate of drug-likeness (QED) is 0.475. The monoisotopic (exact) mass is 358 g/mol. The number of furan rings is 1. The smallest absolute Gasteiger partial charge is 0.191 e. The molecule has 26 heavy (non-hydrogen) atoms. The summed E-state index contributed by atoms with van der Waals surface area (Å²) in [6.45, 7) is 9.85. The highest BCUT2D eigenvalue weighted by atomic mass is 16.4. The van der Waals surface area contributed by atoms with Gasteiger partial charge in [0.2, 0.25) is 0 Å². The summed E-state index contributed by atoms with van der Waals surface area (Å²) >= 11 is 0. The van der Waals surface area contributed by atoms with Gasteiger partial charge in [0.15, 0.2) is 5.96 Å². The summed E-state index contributed by atoms with van der Waals surface area (Å²) in [7, 11) is 0. The Morgan fingerprint density at radius 1 is 1.23 bits per heavy atom. The van der Waals surface area contributed by atoms with E-state index in [1.54, 1.807) is 18.4 Å². The maximum atomic E-state index is 10.1. The summed E-state index contributed by atoms with van der Waals surface area (Å²) in [6, 6.07) is 12.0. The van der Waals surface area contributed by atoms with Crippen molar-refractivity contribution in [2.24, 2.45) is 4.99 Å². The van der Waals surface area contributed by atoms with Gasteiger partial charge in [-0.3, -0.25) is 4.99 Å². The first-order valence-electron chi connectivity index (χ1n) is 9.19. The number of likely N-dealkylation sites (N-methyl/N-ethyl adjacent to an activating group) is 1. The Hall–Kier alpha value is -2.47. The van der Waals surface area contributed by atoms with Crippen molar-refractivity contribution in [3.63, 3.8) is 0 Å². The van der Waals surface area contributed by atoms with Gasteiger partial charge in [-0.15, -0.1) is 0 Å². The SMILES string of the molecule is CCNC(=NCC(O)c1ccco1)NCCN(CC)c1cccc(C)c1. The van der Waals surface area contributed by atoms with Crippen molar-refractivity contribution < 1.29 is 9.52 Å². The van der Waals surface area contributed by atoms with Crippen LogP contribution in [0.15, 0.2) is 52.1 Å². The van der Waals surface area contributed by atoms with Crippen LogP contribution in [0.5, 0.6) is 0 Å². The summed E-state index contributed by atoms with van der Waals surface area (Å²) in [4.78, 5) is 6.77. The highest BCUT2D eigenvalue weighted by Gasteiger charge is 2.10. The standard InChI is InChI=1S/C20H30N4O2/c1-4-21-20(23-15-18(25)19-10-7-13-26-19)22-11-12-24(5-2)17-9-6-8-16(3)14-17/h6-10,13-14,18,25H,4-5,11-12,15H2,1-3H3,(H2,21,22,23). The predicted octanol–water partition coefficient (Wildman–Crippen LogP) is 2.70. The van der Waals surface area contributed by atoms with Gasteiger partial charge in [-0.05, 0) is 50.6 Å². The third-order valence-corrected chi connectivity index (χ3v) is 4.06. The molecule has 0 radical (unpaired) electrons. The fraction of sp³-hybridized carbons (Fsp3) is 0.450. The molecule has 0 aliphatic rings. The molecule has 142 valence electrons. The van der Waals surface area contributed by atoms with Crippen LogP contribution in [0.1, 0.15) is 31.3 Å². The number of aliphatic imine (C=N–C) groups is 1. The fourth-order valence-corrected chi connectivity index (χ4v) is 2.69. The number of aliphatic hydroxyl groups excluding tert-OH is 1. The molecule has 1 heterocycles. The number of guanidine groups is 1. The van der Waals surface area contributed by atoms with E-state index in [-0.39, 0.29) is 6.54 Å². The van der Waals surface area contributed by atoms with Gasteiger partial charge in [0, 0.05) is 31.9 Å². The number of hydrogen-bond donors (Lipinski definition) is 3. The molecule has 0 amide bonds. The summed E-state index contributed by atoms with van der Waals surface area (Å²) in [5.74, 6) is 1.22. The van der Waals surface area contributed by atoms with Crippen molar-refractivity contribution in [3.8, 4) is 0 Å². The van der Waals surface area contributed by atoms with Crippen molar-refractivity contribution in [2.75, 3.05) is 37.6 Å². The van der Waals surface area contributed by atoms with Crippen LogP contribution in [0.4, 0.5) is 5.69 Å². The molecule has 1 aromatic heterocycles. The average molecular weight is 358 g/mol. The van der Waals surface area contributed by atoms with E-state index < -0.39 is 6.10 Å². The van der Waals surface area contributed by atoms with Gasteiger partial charge in [-0.2, -0.15) is 0 Å². The number of rotatable bonds is 9. The summed E-state index contributed by atoms with van der Waals surface area (Å²) in [6.07, 6.45) is 0.816. The molecule has 0 fully saturated rings. The van der Waals surface area contributed by atoms with Crippen LogP contribution in [0.25, 0.3) is 0 Å². The molecule has 0 saturated carbocycles. The molecule has 6 heteroatoms. The second-order valence-electron chi connectivity index (χ2n) is 6.10. The minimum atomic E-state index is -0.736. The van der Waals surface area contributed by atoms with Crippen LogP contribution in [0.3, 0.4) is 0 Å². The molecule has 0 aliphatic carbocycles. The first-order valence-corrected chi connectivity index (χ1v) is 9.19. The number of aryl methyl sites for hydroxylation is 1. The van der Waals surface area contributed by atoms with Crippen LogP contribution >= 0.6 is 0 Å². The summed E-state index contributed by atoms with van der Waals surface area (Å²) < 4.78 is 5.21. The van der Waals surface area contributed by atoms with Crippen molar-refractivity contribution >= 4 is 11.6 Å². The molecule has 1 atom stereocenters. The van der Waals surface area contributed by atoms with Gasteiger partial charge in [0.05, 0.1) is 12.8 Å². The Bertz CT molecular complexity index is 670. The van der Waals surface area contributed by atoms with Gasteiger partial charge in [0.25, 0.3) is 0 Å². The van der Waals surface area contributed by atoms with Gasteiger partial charge in [-0.1, -0.05) is 12.1 Å². The van der Waals surface area contributed by atoms with Crippen LogP contribution in [-0.4, -0.2) is 43.8 Å². The molecular formula is C20H30N4O2. The van der Waals surface area contributed by atoms with Crippen molar-refractivity contribution in [1.82, 2.24) is 10.6 Å². The zero-order valence-corrected chi connectivity index (χ0v) is 15.9. The molecule has 3 N–H and O–H groups in total. The van der Waals surface area contributed by atoms with Crippen LogP contribution < -0.4 is 15.5 Å². The van der Waals surface area contributed by atoms with E-state index >= 15 is 0 Å². The van der Waals surface area contributed by atoms with Crippen molar-refractivity contribution in [2.45, 2.75) is 26.9 Å². The first kappa shape index (κ1) is 19.8. The normalized spacial score (nSPS) is 12.7. The number of benzene rings is 1. The van der Waals surface area contributed by atoms with Gasteiger partial charge in [-0.25, -0.2) is 0 Å². The lowest BCUT2D eigenvalue weighted by atomic mass is 10.2. The third kappa shape index (κ3) is 6.11. The Kier molecular flexibility index (Phi) is 8.02. The summed E-state index contributed by atoms with van der Waals surface area (Å²) in [5, 5.41) is 16.6. The Labute approximate surface area is 155 Å². The average Bonchev–Trinajstić information content (AvgIpc) is 3.17. The number of nitrogens with one attached hydrogen (secondary N) is 2. The third-order valence-electron chi connectivity index (χ3n) is 4.06. The maximum absolute atomic E-state index is 10.1. The molecule has 0 bridgehead atoms. The maximum Gasteiger partial charge on any atom is 0.191 e. The Morgan fingerprint density at radius 3 is 2.73 bits per heavy atom. The second kappa shape index (κ2) is 10.5. The highest BCUT2D eigenvalue weighted by Crippen LogP contribution is 2.15. The predicted molar refractivity (Wildman–Crippen MR) is 107 cm³/mol. The zero-order valence-electron chi connectivity index (χ0n) is 15.9. The van der Waals surface area contributed by atoms with Gasteiger partial charge >= 0.3 is 0 Å². The molecule has 0 saturated heterocycles. The molecule has 6 nitrogen and oxygen atoms in total. The molecule has 1 unspecified atom stereocenters. The van der Waals surface area contributed by atoms with E-state index in [9.17, 15) is 5.11 Å². The van der Waals surface area contributed by atoms with Crippen molar-refractivity contribution in [3.05, 3.63) is 54.0 Å². The molecule has 2 rings (SSSR count). The van der Waals surface area contributed by atoms with E-state index in [0.717, 1.165) is 26.2 Å². The Balaban J connectivity index is 1.87. The molecular weight excluding hydrogens is 328 g/mol. The largest absolute Gasteiger partial charge is 0.467 e. The number of anilines is 1. The van der Waals surface area contributed by atoms with E-state index in [2.05, 4.69) is 58.6 Å². The molecule has 0 spiro atoms. The van der Waals surface area contributed by atoms with Crippen LogP contribution in [0, 0.1) is 6.92 Å². The number of aliphatic hydroxyl groups is 1. The van der Waals surface area contributed by atoms with E-state index in [0.29, 0.717) is 11.7 Å². The van der Waals surface area contributed by atoms with E-state index in [1.165, 1.54) is 11.3 Å². The zero-order chi connectivity index (χ0) is 18.8. The Morgan fingerprint density at radius 2 is 2.08 bits per heavy atom. The lowest BCUT2D eigenvalue weighted by Crippen LogP contribution is -2.42. The summed E-state index contributed by atoms with van der Waals surface area (Å²) in [5.41, 5.74) is 2.49. The second-order valence-corrected chi connectivity index (χ2v) is 6.10. The lowest BCUT2D eigenvalue weighted by Gasteiger charge is -2.24. The molecule has 0 aliphatic heterocycles. The van der Waals surface area contributed by atoms with Crippen LogP contribution in [0.2, 0.25) is 0 Å². The van der Waals surface area contributed by atoms with Crippen molar-refractivity contribution in [1.29, 1.82) is 0 Å². The molecule has 2 aromatic rings. The van der Waals surface area contributed by atoms with E-state index in [4.69, 9.17) is 4.42 Å². The number of nitrogens with zero attached hydrogens (tertiary/aromatic N) is 2. The minimum Gasteiger partial charge on any atom is -0.467 e.